The molecule has 0 saturated carbocycles. The van der Waals surface area contributed by atoms with Gasteiger partial charge in [0, 0.05) is 23.7 Å². The van der Waals surface area contributed by atoms with Gasteiger partial charge in [0.15, 0.2) is 5.76 Å². The maximum absolute atomic E-state index is 12.4. The molecule has 0 spiro atoms. The molecule has 0 aliphatic carbocycles. The van der Waals surface area contributed by atoms with Crippen LogP contribution in [0.1, 0.15) is 34.8 Å². The SMILES string of the molecule is CC(C)C(NC(=O)c1ccco1)C(=O)NCCNC(=O)c1ccc(Cl)cc1. The monoisotopic (exact) mass is 391 g/mol. The molecule has 0 saturated heterocycles. The van der Waals surface area contributed by atoms with Crippen molar-refractivity contribution in [3.8, 4) is 0 Å². The van der Waals surface area contributed by atoms with E-state index in [4.69, 9.17) is 16.0 Å². The molecule has 0 radical (unpaired) electrons. The summed E-state index contributed by atoms with van der Waals surface area (Å²) in [4.78, 5) is 36.4. The Hall–Kier alpha value is -2.80. The van der Waals surface area contributed by atoms with Gasteiger partial charge in [-0.15, -0.1) is 0 Å². The van der Waals surface area contributed by atoms with E-state index < -0.39 is 11.9 Å². The number of rotatable bonds is 8. The number of nitrogens with one attached hydrogen (secondary N) is 3. The van der Waals surface area contributed by atoms with Crippen molar-refractivity contribution in [1.82, 2.24) is 16.0 Å². The van der Waals surface area contributed by atoms with Crippen molar-refractivity contribution in [2.45, 2.75) is 19.9 Å². The molecule has 1 unspecified atom stereocenters. The summed E-state index contributed by atoms with van der Waals surface area (Å²) >= 11 is 5.79. The first-order chi connectivity index (χ1) is 12.9. The third-order valence-corrected chi connectivity index (χ3v) is 4.05. The molecule has 3 N–H and O–H groups in total. The summed E-state index contributed by atoms with van der Waals surface area (Å²) in [6.45, 7) is 4.14. The van der Waals surface area contributed by atoms with Gasteiger partial charge in [0.2, 0.25) is 5.91 Å². The van der Waals surface area contributed by atoms with Gasteiger partial charge in [-0.1, -0.05) is 25.4 Å². The Labute approximate surface area is 162 Å². The summed E-state index contributed by atoms with van der Waals surface area (Å²) in [6, 6.07) is 8.92. The fourth-order valence-electron chi connectivity index (χ4n) is 2.33. The fraction of sp³-hybridized carbons (Fsp3) is 0.316. The van der Waals surface area contributed by atoms with E-state index in [-0.39, 0.29) is 36.6 Å². The van der Waals surface area contributed by atoms with Crippen LogP contribution in [-0.4, -0.2) is 36.9 Å². The van der Waals surface area contributed by atoms with E-state index in [1.807, 2.05) is 13.8 Å². The summed E-state index contributed by atoms with van der Waals surface area (Å²) < 4.78 is 5.03. The van der Waals surface area contributed by atoms with E-state index >= 15 is 0 Å². The van der Waals surface area contributed by atoms with Crippen molar-refractivity contribution in [2.75, 3.05) is 13.1 Å². The van der Waals surface area contributed by atoms with Gasteiger partial charge in [-0.2, -0.15) is 0 Å². The van der Waals surface area contributed by atoms with E-state index in [1.165, 1.54) is 12.3 Å². The molecule has 1 heterocycles. The molecule has 144 valence electrons. The molecule has 0 aliphatic rings. The molecule has 3 amide bonds. The van der Waals surface area contributed by atoms with E-state index in [0.29, 0.717) is 10.6 Å². The van der Waals surface area contributed by atoms with Crippen molar-refractivity contribution >= 4 is 29.3 Å². The van der Waals surface area contributed by atoms with Crippen LogP contribution in [0.4, 0.5) is 0 Å². The Bertz CT molecular complexity index is 773. The lowest BCUT2D eigenvalue weighted by Crippen LogP contribution is -2.50. The third-order valence-electron chi connectivity index (χ3n) is 3.80. The first-order valence-corrected chi connectivity index (χ1v) is 8.92. The Balaban J connectivity index is 1.79. The molecule has 7 nitrogen and oxygen atoms in total. The largest absolute Gasteiger partial charge is 0.459 e. The summed E-state index contributed by atoms with van der Waals surface area (Å²) in [6.07, 6.45) is 1.39. The normalized spacial score (nSPS) is 11.7. The Morgan fingerprint density at radius 3 is 2.26 bits per heavy atom. The van der Waals surface area contributed by atoms with Crippen LogP contribution in [0.5, 0.6) is 0 Å². The molecule has 0 bridgehead atoms. The first-order valence-electron chi connectivity index (χ1n) is 8.54. The van der Waals surface area contributed by atoms with Gasteiger partial charge < -0.3 is 20.4 Å². The molecule has 1 aromatic carbocycles. The number of amides is 3. The quantitative estimate of drug-likeness (QED) is 0.601. The topological polar surface area (TPSA) is 100 Å². The van der Waals surface area contributed by atoms with Crippen LogP contribution in [0.25, 0.3) is 0 Å². The minimum absolute atomic E-state index is 0.118. The van der Waals surface area contributed by atoms with Crippen LogP contribution in [0, 0.1) is 5.92 Å². The molecule has 2 rings (SSSR count). The second-order valence-corrected chi connectivity index (χ2v) is 6.66. The van der Waals surface area contributed by atoms with Crippen molar-refractivity contribution < 1.29 is 18.8 Å². The highest BCUT2D eigenvalue weighted by Crippen LogP contribution is 2.09. The summed E-state index contributed by atoms with van der Waals surface area (Å²) in [5, 5.41) is 8.62. The summed E-state index contributed by atoms with van der Waals surface area (Å²) in [7, 11) is 0. The van der Waals surface area contributed by atoms with E-state index in [1.54, 1.807) is 30.3 Å². The predicted molar refractivity (Wildman–Crippen MR) is 102 cm³/mol. The molecule has 0 fully saturated rings. The molecule has 1 atom stereocenters. The molecule has 0 aliphatic heterocycles. The van der Waals surface area contributed by atoms with Gasteiger partial charge in [0.05, 0.1) is 6.26 Å². The number of benzene rings is 1. The molecule has 2 aromatic rings. The average molecular weight is 392 g/mol. The third kappa shape index (κ3) is 6.14. The van der Waals surface area contributed by atoms with E-state index in [9.17, 15) is 14.4 Å². The van der Waals surface area contributed by atoms with Crippen LogP contribution < -0.4 is 16.0 Å². The van der Waals surface area contributed by atoms with Crippen LogP contribution in [0.15, 0.2) is 47.1 Å². The van der Waals surface area contributed by atoms with E-state index in [0.717, 1.165) is 0 Å². The maximum Gasteiger partial charge on any atom is 0.287 e. The van der Waals surface area contributed by atoms with Crippen molar-refractivity contribution in [3.05, 3.63) is 59.0 Å². The second kappa shape index (κ2) is 9.78. The fourth-order valence-corrected chi connectivity index (χ4v) is 2.46. The maximum atomic E-state index is 12.4. The van der Waals surface area contributed by atoms with Crippen LogP contribution in [0.2, 0.25) is 5.02 Å². The number of halogens is 1. The highest BCUT2D eigenvalue weighted by Gasteiger charge is 2.25. The number of carbonyl (C=O) groups is 3. The number of carbonyl (C=O) groups excluding carboxylic acids is 3. The summed E-state index contributed by atoms with van der Waals surface area (Å²) in [5.74, 6) is -1.01. The van der Waals surface area contributed by atoms with Gasteiger partial charge in [-0.25, -0.2) is 0 Å². The van der Waals surface area contributed by atoms with Crippen molar-refractivity contribution in [3.63, 3.8) is 0 Å². The molecular formula is C19H22ClN3O4. The van der Waals surface area contributed by atoms with E-state index in [2.05, 4.69) is 16.0 Å². The zero-order valence-corrected chi connectivity index (χ0v) is 15.9. The molecule has 27 heavy (non-hydrogen) atoms. The van der Waals surface area contributed by atoms with Crippen LogP contribution in [0.3, 0.4) is 0 Å². The first kappa shape index (κ1) is 20.5. The minimum Gasteiger partial charge on any atom is -0.459 e. The molecule has 1 aromatic heterocycles. The van der Waals surface area contributed by atoms with Crippen molar-refractivity contribution in [2.24, 2.45) is 5.92 Å². The number of furan rings is 1. The zero-order valence-electron chi connectivity index (χ0n) is 15.1. The lowest BCUT2D eigenvalue weighted by Gasteiger charge is -2.21. The van der Waals surface area contributed by atoms with Gasteiger partial charge in [-0.05, 0) is 42.3 Å². The Morgan fingerprint density at radius 1 is 1.00 bits per heavy atom. The second-order valence-electron chi connectivity index (χ2n) is 6.23. The Kier molecular flexibility index (Phi) is 7.43. The van der Waals surface area contributed by atoms with Crippen molar-refractivity contribution in [1.29, 1.82) is 0 Å². The number of hydrogen-bond donors (Lipinski definition) is 3. The lowest BCUT2D eigenvalue weighted by atomic mass is 10.0. The lowest BCUT2D eigenvalue weighted by molar-refractivity contribution is -0.123. The van der Waals surface area contributed by atoms with Crippen LogP contribution in [-0.2, 0) is 4.79 Å². The smallest absolute Gasteiger partial charge is 0.287 e. The minimum atomic E-state index is -0.713. The zero-order chi connectivity index (χ0) is 19.8. The molecular weight excluding hydrogens is 370 g/mol. The highest BCUT2D eigenvalue weighted by atomic mass is 35.5. The standard InChI is InChI=1S/C19H22ClN3O4/c1-12(2)16(23-18(25)15-4-3-11-27-15)19(26)22-10-9-21-17(24)13-5-7-14(20)8-6-13/h3-8,11-12,16H,9-10H2,1-2H3,(H,21,24)(H,22,26)(H,23,25). The van der Waals surface area contributed by atoms with Crippen LogP contribution >= 0.6 is 11.6 Å². The van der Waals surface area contributed by atoms with Gasteiger partial charge >= 0.3 is 0 Å². The van der Waals surface area contributed by atoms with Gasteiger partial charge in [0.25, 0.3) is 11.8 Å². The average Bonchev–Trinajstić information content (AvgIpc) is 3.18. The predicted octanol–water partition coefficient (Wildman–Crippen LogP) is 2.23. The summed E-state index contributed by atoms with van der Waals surface area (Å²) in [5.41, 5.74) is 0.483. The number of hydrogen-bond acceptors (Lipinski definition) is 4. The molecule has 8 heteroatoms. The Morgan fingerprint density at radius 2 is 1.67 bits per heavy atom. The van der Waals surface area contributed by atoms with Gasteiger partial charge in [0.1, 0.15) is 6.04 Å². The van der Waals surface area contributed by atoms with Gasteiger partial charge in [-0.3, -0.25) is 14.4 Å². The highest BCUT2D eigenvalue weighted by molar-refractivity contribution is 6.30.